The van der Waals surface area contributed by atoms with Crippen LogP contribution in [-0.4, -0.2) is 62.1 Å². The average molecular weight is 532 g/mol. The lowest BCUT2D eigenvalue weighted by molar-refractivity contribution is -0.0365. The Labute approximate surface area is 229 Å². The molecule has 0 saturated carbocycles. The number of hydrogen-bond donors (Lipinski definition) is 1. The second-order valence-electron chi connectivity index (χ2n) is 11.3. The summed E-state index contributed by atoms with van der Waals surface area (Å²) in [5.74, 6) is 0.503. The summed E-state index contributed by atoms with van der Waals surface area (Å²) in [5.41, 5.74) is 3.42. The summed E-state index contributed by atoms with van der Waals surface area (Å²) in [5, 5.41) is 18.9. The minimum absolute atomic E-state index is 0.00900. The van der Waals surface area contributed by atoms with Crippen molar-refractivity contribution in [3.05, 3.63) is 35.5 Å². The molecule has 4 heterocycles. The van der Waals surface area contributed by atoms with Gasteiger partial charge in [-0.05, 0) is 83.1 Å². The van der Waals surface area contributed by atoms with Gasteiger partial charge < -0.3 is 19.7 Å². The van der Waals surface area contributed by atoms with Gasteiger partial charge in [0, 0.05) is 37.3 Å². The lowest BCUT2D eigenvalue weighted by Gasteiger charge is -2.34. The monoisotopic (exact) mass is 531 g/mol. The molecule has 0 aliphatic carbocycles. The predicted molar refractivity (Wildman–Crippen MR) is 148 cm³/mol. The number of hydrogen-bond acceptors (Lipinski definition) is 8. The van der Waals surface area contributed by atoms with Crippen LogP contribution in [-0.2, 0) is 15.9 Å². The molecule has 0 bridgehead atoms. The van der Waals surface area contributed by atoms with Gasteiger partial charge in [0.2, 0.25) is 5.95 Å². The van der Waals surface area contributed by atoms with Crippen LogP contribution in [0.3, 0.4) is 0 Å². The average Bonchev–Trinajstić information content (AvgIpc) is 3.31. The van der Waals surface area contributed by atoms with Crippen molar-refractivity contribution < 1.29 is 14.3 Å². The Hall–Kier alpha value is -3.71. The van der Waals surface area contributed by atoms with Crippen LogP contribution < -0.4 is 5.32 Å². The van der Waals surface area contributed by atoms with E-state index in [-0.39, 0.29) is 18.4 Å². The van der Waals surface area contributed by atoms with Gasteiger partial charge in [-0.2, -0.15) is 10.4 Å². The van der Waals surface area contributed by atoms with Gasteiger partial charge in [-0.25, -0.2) is 19.4 Å². The van der Waals surface area contributed by atoms with Crippen LogP contribution in [0.5, 0.6) is 0 Å². The number of piperidine rings is 1. The normalized spacial score (nSPS) is 20.0. The number of anilines is 1. The third kappa shape index (κ3) is 5.98. The highest BCUT2D eigenvalue weighted by molar-refractivity contribution is 5.94. The SMILES string of the molecule is CCc1cnc(N[C@H]2CCCN(C(=O)OC(C)(C)C)C2)nc1-c1nn(C2CCCCO2)c2cc(C#N)ccc12. The molecule has 0 radical (unpaired) electrons. The third-order valence-electron chi connectivity index (χ3n) is 7.14. The van der Waals surface area contributed by atoms with Crippen molar-refractivity contribution in [3.63, 3.8) is 0 Å². The number of nitrogens with zero attached hydrogens (tertiary/aromatic N) is 6. The van der Waals surface area contributed by atoms with E-state index in [4.69, 9.17) is 19.6 Å². The second-order valence-corrected chi connectivity index (χ2v) is 11.3. The Morgan fingerprint density at radius 3 is 2.79 bits per heavy atom. The number of carbonyl (C=O) groups excluding carboxylic acids is 1. The molecule has 1 N–H and O–H groups in total. The number of benzene rings is 1. The first kappa shape index (κ1) is 26.9. The molecule has 2 aliphatic rings. The predicted octanol–water partition coefficient (Wildman–Crippen LogP) is 5.44. The Kier molecular flexibility index (Phi) is 7.71. The van der Waals surface area contributed by atoms with E-state index in [9.17, 15) is 10.1 Å². The number of rotatable bonds is 5. The molecule has 0 spiro atoms. The third-order valence-corrected chi connectivity index (χ3v) is 7.14. The summed E-state index contributed by atoms with van der Waals surface area (Å²) in [6.45, 7) is 9.60. The highest BCUT2D eigenvalue weighted by Gasteiger charge is 2.29. The maximum absolute atomic E-state index is 12.6. The molecular weight excluding hydrogens is 494 g/mol. The van der Waals surface area contributed by atoms with Gasteiger partial charge >= 0.3 is 6.09 Å². The molecule has 39 heavy (non-hydrogen) atoms. The standard InChI is InChI=1S/C29H37N7O3/c1-5-20-17-31-27(32-21-9-8-13-35(18-21)28(37)39-29(2,3)4)33-25(20)26-22-12-11-19(16-30)15-23(22)36(34-26)24-10-6-7-14-38-24/h11-12,15,17,21,24H,5-10,13-14,18H2,1-4H3,(H,31,32,33)/t21-,24?/m0/s1. The Balaban J connectivity index is 1.46. The first-order chi connectivity index (χ1) is 18.8. The summed E-state index contributed by atoms with van der Waals surface area (Å²) in [6.07, 6.45) is 6.89. The fraction of sp³-hybridized carbons (Fsp3) is 0.552. The van der Waals surface area contributed by atoms with Crippen molar-refractivity contribution >= 4 is 22.9 Å². The van der Waals surface area contributed by atoms with Crippen LogP contribution in [0.1, 0.15) is 77.2 Å². The molecule has 2 atom stereocenters. The van der Waals surface area contributed by atoms with Gasteiger partial charge in [0.25, 0.3) is 0 Å². The molecule has 1 aromatic carbocycles. The van der Waals surface area contributed by atoms with Gasteiger partial charge in [-0.3, -0.25) is 0 Å². The van der Waals surface area contributed by atoms with E-state index in [0.717, 1.165) is 66.4 Å². The topological polar surface area (TPSA) is 118 Å². The van der Waals surface area contributed by atoms with Crippen LogP contribution in [0.2, 0.25) is 0 Å². The van der Waals surface area contributed by atoms with E-state index in [0.29, 0.717) is 31.2 Å². The van der Waals surface area contributed by atoms with E-state index in [2.05, 4.69) is 23.3 Å². The Morgan fingerprint density at radius 2 is 2.08 bits per heavy atom. The summed E-state index contributed by atoms with van der Waals surface area (Å²) < 4.78 is 13.6. The lowest BCUT2D eigenvalue weighted by Crippen LogP contribution is -2.47. The number of fused-ring (bicyclic) bond motifs is 1. The minimum atomic E-state index is -0.533. The number of amides is 1. The number of nitriles is 1. The van der Waals surface area contributed by atoms with Gasteiger partial charge in [-0.15, -0.1) is 0 Å². The number of aromatic nitrogens is 4. The number of aryl methyl sites for hydroxylation is 1. The number of nitrogens with one attached hydrogen (secondary N) is 1. The molecule has 2 fully saturated rings. The molecule has 2 saturated heterocycles. The molecule has 206 valence electrons. The number of ether oxygens (including phenoxy) is 2. The molecule has 5 rings (SSSR count). The van der Waals surface area contributed by atoms with E-state index < -0.39 is 5.60 Å². The van der Waals surface area contributed by atoms with Crippen LogP contribution in [0.15, 0.2) is 24.4 Å². The van der Waals surface area contributed by atoms with Crippen LogP contribution in [0.25, 0.3) is 22.3 Å². The first-order valence-corrected chi connectivity index (χ1v) is 13.9. The maximum atomic E-state index is 12.6. The van der Waals surface area contributed by atoms with Crippen molar-refractivity contribution in [2.45, 2.75) is 84.1 Å². The lowest BCUT2D eigenvalue weighted by atomic mass is 10.1. The quantitative estimate of drug-likeness (QED) is 0.462. The molecule has 3 aromatic rings. The molecule has 10 nitrogen and oxygen atoms in total. The summed E-state index contributed by atoms with van der Waals surface area (Å²) in [6, 6.07) is 7.90. The zero-order chi connectivity index (χ0) is 27.6. The van der Waals surface area contributed by atoms with Crippen molar-refractivity contribution in [2.75, 3.05) is 25.0 Å². The molecule has 10 heteroatoms. The van der Waals surface area contributed by atoms with Crippen molar-refractivity contribution in [2.24, 2.45) is 0 Å². The summed E-state index contributed by atoms with van der Waals surface area (Å²) >= 11 is 0. The molecule has 1 unspecified atom stereocenters. The van der Waals surface area contributed by atoms with Gasteiger partial charge in [-0.1, -0.05) is 6.92 Å². The molecule has 2 aromatic heterocycles. The fourth-order valence-corrected chi connectivity index (χ4v) is 5.23. The molecule has 2 aliphatic heterocycles. The largest absolute Gasteiger partial charge is 0.444 e. The summed E-state index contributed by atoms with van der Waals surface area (Å²) in [4.78, 5) is 23.9. The zero-order valence-electron chi connectivity index (χ0n) is 23.2. The fourth-order valence-electron chi connectivity index (χ4n) is 5.23. The molecular formula is C29H37N7O3. The van der Waals surface area contributed by atoms with E-state index in [1.807, 2.05) is 49.8 Å². The number of likely N-dealkylation sites (tertiary alicyclic amines) is 1. The van der Waals surface area contributed by atoms with Crippen LogP contribution in [0.4, 0.5) is 10.7 Å². The smallest absolute Gasteiger partial charge is 0.410 e. The van der Waals surface area contributed by atoms with Crippen LogP contribution in [0, 0.1) is 11.3 Å². The van der Waals surface area contributed by atoms with Gasteiger partial charge in [0.15, 0.2) is 6.23 Å². The summed E-state index contributed by atoms with van der Waals surface area (Å²) in [7, 11) is 0. The first-order valence-electron chi connectivity index (χ1n) is 13.9. The second kappa shape index (κ2) is 11.2. The highest BCUT2D eigenvalue weighted by atomic mass is 16.6. The van der Waals surface area contributed by atoms with E-state index >= 15 is 0 Å². The van der Waals surface area contributed by atoms with Crippen molar-refractivity contribution in [1.29, 1.82) is 5.26 Å². The maximum Gasteiger partial charge on any atom is 0.410 e. The van der Waals surface area contributed by atoms with Crippen molar-refractivity contribution in [3.8, 4) is 17.5 Å². The Morgan fingerprint density at radius 1 is 1.23 bits per heavy atom. The van der Waals surface area contributed by atoms with E-state index in [1.54, 1.807) is 4.90 Å². The minimum Gasteiger partial charge on any atom is -0.444 e. The van der Waals surface area contributed by atoms with Crippen LogP contribution >= 0.6 is 0 Å². The Bertz CT molecular complexity index is 1380. The molecule has 1 amide bonds. The highest BCUT2D eigenvalue weighted by Crippen LogP contribution is 2.34. The number of carbonyl (C=O) groups is 1. The van der Waals surface area contributed by atoms with Gasteiger partial charge in [0.05, 0.1) is 22.8 Å². The van der Waals surface area contributed by atoms with Crippen molar-refractivity contribution in [1.82, 2.24) is 24.6 Å². The van der Waals surface area contributed by atoms with E-state index in [1.165, 1.54) is 0 Å². The zero-order valence-corrected chi connectivity index (χ0v) is 23.2. The van der Waals surface area contributed by atoms with Gasteiger partial charge in [0.1, 0.15) is 11.3 Å².